The van der Waals surface area contributed by atoms with Gasteiger partial charge in [0.25, 0.3) is 0 Å². The van der Waals surface area contributed by atoms with Gasteiger partial charge in [0, 0.05) is 11.6 Å². The van der Waals surface area contributed by atoms with E-state index in [0.717, 1.165) is 10.9 Å². The first-order valence-corrected chi connectivity index (χ1v) is 8.96. The highest BCUT2D eigenvalue weighted by molar-refractivity contribution is 7.92. The molecule has 0 aliphatic heterocycles. The number of nitrogens with zero attached hydrogens (tertiary/aromatic N) is 1. The molecule has 22 heavy (non-hydrogen) atoms. The molecular formula is C16H15ClN2O2S. The third kappa shape index (κ3) is 2.82. The van der Waals surface area contributed by atoms with Crippen molar-refractivity contribution in [3.63, 3.8) is 0 Å². The molecular weight excluding hydrogens is 320 g/mol. The second kappa shape index (κ2) is 5.66. The Bertz CT molecular complexity index is 904. The van der Waals surface area contributed by atoms with Crippen LogP contribution < -0.4 is 4.31 Å². The Morgan fingerprint density at radius 1 is 1.09 bits per heavy atom. The van der Waals surface area contributed by atoms with Crippen molar-refractivity contribution >= 4 is 38.2 Å². The van der Waals surface area contributed by atoms with Gasteiger partial charge in [-0.1, -0.05) is 54.1 Å². The molecule has 0 atom stereocenters. The molecule has 0 saturated heterocycles. The maximum Gasteiger partial charge on any atom is 0.232 e. The van der Waals surface area contributed by atoms with Crippen LogP contribution in [0.1, 0.15) is 5.56 Å². The van der Waals surface area contributed by atoms with Crippen LogP contribution in [0.3, 0.4) is 0 Å². The van der Waals surface area contributed by atoms with Crippen LogP contribution >= 0.6 is 11.6 Å². The van der Waals surface area contributed by atoms with E-state index < -0.39 is 10.0 Å². The van der Waals surface area contributed by atoms with Gasteiger partial charge in [-0.05, 0) is 11.6 Å². The zero-order valence-corrected chi connectivity index (χ0v) is 13.5. The number of hydrogen-bond donors (Lipinski definition) is 1. The van der Waals surface area contributed by atoms with Gasteiger partial charge in [0.2, 0.25) is 10.0 Å². The molecule has 0 unspecified atom stereocenters. The topological polar surface area (TPSA) is 53.2 Å². The summed E-state index contributed by atoms with van der Waals surface area (Å²) in [5.74, 6) is 0. The molecule has 1 N–H and O–H groups in total. The highest BCUT2D eigenvalue weighted by atomic mass is 35.5. The van der Waals surface area contributed by atoms with Gasteiger partial charge in [-0.3, -0.25) is 4.31 Å². The predicted octanol–water partition coefficient (Wildman–Crippen LogP) is 3.79. The molecule has 0 fully saturated rings. The van der Waals surface area contributed by atoms with E-state index in [1.165, 1.54) is 10.6 Å². The van der Waals surface area contributed by atoms with Gasteiger partial charge in [-0.25, -0.2) is 8.42 Å². The van der Waals surface area contributed by atoms with Gasteiger partial charge < -0.3 is 4.98 Å². The quantitative estimate of drug-likeness (QED) is 0.789. The van der Waals surface area contributed by atoms with Crippen LogP contribution in [0.4, 0.5) is 5.69 Å². The van der Waals surface area contributed by atoms with Gasteiger partial charge in [0.05, 0.1) is 29.0 Å². The van der Waals surface area contributed by atoms with E-state index in [2.05, 4.69) is 4.98 Å². The fourth-order valence-electron chi connectivity index (χ4n) is 2.44. The maximum absolute atomic E-state index is 12.3. The largest absolute Gasteiger partial charge is 0.358 e. The lowest BCUT2D eigenvalue weighted by molar-refractivity contribution is 0.596. The first kappa shape index (κ1) is 14.9. The van der Waals surface area contributed by atoms with Crippen LogP contribution in [0, 0.1) is 0 Å². The summed E-state index contributed by atoms with van der Waals surface area (Å²) in [6, 6.07) is 14.9. The highest BCUT2D eigenvalue weighted by Crippen LogP contribution is 2.32. The molecule has 1 heterocycles. The molecule has 0 aliphatic carbocycles. The van der Waals surface area contributed by atoms with Crippen molar-refractivity contribution in [1.82, 2.24) is 4.98 Å². The Labute approximate surface area is 134 Å². The van der Waals surface area contributed by atoms with E-state index >= 15 is 0 Å². The Kier molecular flexibility index (Phi) is 3.85. The molecule has 0 spiro atoms. The number of fused-ring (bicyclic) bond motifs is 1. The lowest BCUT2D eigenvalue weighted by atomic mass is 10.2. The number of para-hydroxylation sites is 1. The Morgan fingerprint density at radius 2 is 1.82 bits per heavy atom. The summed E-state index contributed by atoms with van der Waals surface area (Å²) in [7, 11) is -3.43. The SMILES string of the molecule is CS(=O)(=O)N(Cc1ccccc1)c1cccc2c(Cl)c[nH]c12. The summed E-state index contributed by atoms with van der Waals surface area (Å²) in [4.78, 5) is 3.06. The van der Waals surface area contributed by atoms with E-state index in [0.29, 0.717) is 16.2 Å². The average Bonchev–Trinajstić information content (AvgIpc) is 2.87. The molecule has 0 aliphatic rings. The number of aromatic nitrogens is 1. The normalized spacial score (nSPS) is 11.7. The molecule has 3 rings (SSSR count). The molecule has 114 valence electrons. The zero-order chi connectivity index (χ0) is 15.7. The third-order valence-corrected chi connectivity index (χ3v) is 4.92. The molecule has 0 amide bonds. The van der Waals surface area contributed by atoms with Gasteiger partial charge in [0.15, 0.2) is 0 Å². The number of hydrogen-bond acceptors (Lipinski definition) is 2. The fraction of sp³-hybridized carbons (Fsp3) is 0.125. The summed E-state index contributed by atoms with van der Waals surface area (Å²) in [5.41, 5.74) is 2.23. The number of anilines is 1. The van der Waals surface area contributed by atoms with Crippen LogP contribution in [0.5, 0.6) is 0 Å². The van der Waals surface area contributed by atoms with Crippen LogP contribution in [0.15, 0.2) is 54.7 Å². The molecule has 1 aromatic heterocycles. The molecule has 0 radical (unpaired) electrons. The van der Waals surface area contributed by atoms with Crippen molar-refractivity contribution in [3.8, 4) is 0 Å². The first-order valence-electron chi connectivity index (χ1n) is 6.74. The lowest BCUT2D eigenvalue weighted by Gasteiger charge is -2.23. The minimum Gasteiger partial charge on any atom is -0.358 e. The number of nitrogens with one attached hydrogen (secondary N) is 1. The van der Waals surface area contributed by atoms with Crippen molar-refractivity contribution in [2.45, 2.75) is 6.54 Å². The van der Waals surface area contributed by atoms with E-state index in [9.17, 15) is 8.42 Å². The minimum absolute atomic E-state index is 0.273. The van der Waals surface area contributed by atoms with Crippen LogP contribution in [-0.4, -0.2) is 19.7 Å². The summed E-state index contributed by atoms with van der Waals surface area (Å²) < 4.78 is 25.9. The summed E-state index contributed by atoms with van der Waals surface area (Å²) in [6.07, 6.45) is 2.87. The smallest absolute Gasteiger partial charge is 0.232 e. The van der Waals surface area contributed by atoms with Crippen molar-refractivity contribution in [3.05, 3.63) is 65.3 Å². The Balaban J connectivity index is 2.13. The average molecular weight is 335 g/mol. The second-order valence-corrected chi connectivity index (χ2v) is 7.41. The molecule has 0 saturated carbocycles. The molecule has 3 aromatic rings. The summed E-state index contributed by atoms with van der Waals surface area (Å²) in [6.45, 7) is 0.273. The van der Waals surface area contributed by atoms with Crippen LogP contribution in [-0.2, 0) is 16.6 Å². The Morgan fingerprint density at radius 3 is 2.50 bits per heavy atom. The van der Waals surface area contributed by atoms with Crippen molar-refractivity contribution in [2.24, 2.45) is 0 Å². The van der Waals surface area contributed by atoms with Crippen molar-refractivity contribution in [2.75, 3.05) is 10.6 Å². The van der Waals surface area contributed by atoms with E-state index in [1.54, 1.807) is 18.3 Å². The number of halogens is 1. The van der Waals surface area contributed by atoms with Gasteiger partial charge in [-0.2, -0.15) is 0 Å². The number of rotatable bonds is 4. The first-order chi connectivity index (χ1) is 10.5. The summed E-state index contributed by atoms with van der Waals surface area (Å²) in [5, 5.41) is 1.38. The molecule has 0 bridgehead atoms. The van der Waals surface area contributed by atoms with Gasteiger partial charge in [0.1, 0.15) is 0 Å². The standard InChI is InChI=1S/C16H15ClN2O2S/c1-22(20,21)19(11-12-6-3-2-4-7-12)15-9-5-8-13-14(17)10-18-16(13)15/h2-10,18H,11H2,1H3. The summed E-state index contributed by atoms with van der Waals surface area (Å²) >= 11 is 6.12. The number of benzene rings is 2. The minimum atomic E-state index is -3.43. The third-order valence-electron chi connectivity index (χ3n) is 3.48. The van der Waals surface area contributed by atoms with Crippen molar-refractivity contribution in [1.29, 1.82) is 0 Å². The second-order valence-electron chi connectivity index (χ2n) is 5.09. The monoisotopic (exact) mass is 334 g/mol. The lowest BCUT2D eigenvalue weighted by Crippen LogP contribution is -2.29. The van der Waals surface area contributed by atoms with Crippen molar-refractivity contribution < 1.29 is 8.42 Å². The van der Waals surface area contributed by atoms with E-state index in [-0.39, 0.29) is 6.54 Å². The molecule has 4 nitrogen and oxygen atoms in total. The molecule has 2 aromatic carbocycles. The molecule has 6 heteroatoms. The number of aromatic amines is 1. The van der Waals surface area contributed by atoms with Crippen LogP contribution in [0.2, 0.25) is 5.02 Å². The van der Waals surface area contributed by atoms with Crippen LogP contribution in [0.25, 0.3) is 10.9 Å². The fourth-order valence-corrected chi connectivity index (χ4v) is 3.55. The predicted molar refractivity (Wildman–Crippen MR) is 90.8 cm³/mol. The number of H-pyrrole nitrogens is 1. The van der Waals surface area contributed by atoms with E-state index in [4.69, 9.17) is 11.6 Å². The van der Waals surface area contributed by atoms with Gasteiger partial charge in [-0.15, -0.1) is 0 Å². The highest BCUT2D eigenvalue weighted by Gasteiger charge is 2.21. The Hall–Kier alpha value is -1.98. The zero-order valence-electron chi connectivity index (χ0n) is 12.0. The number of sulfonamides is 1. The maximum atomic E-state index is 12.3. The van der Waals surface area contributed by atoms with E-state index in [1.807, 2.05) is 36.4 Å². The van der Waals surface area contributed by atoms with Gasteiger partial charge >= 0.3 is 0 Å².